The molecule has 6 nitrogen and oxygen atoms in total. The molecule has 0 amide bonds. The zero-order valence-electron chi connectivity index (χ0n) is 9.68. The van der Waals surface area contributed by atoms with Crippen LogP contribution in [-0.2, 0) is 14.9 Å². The van der Waals surface area contributed by atoms with Gasteiger partial charge in [0.15, 0.2) is 0 Å². The molecule has 1 fully saturated rings. The Morgan fingerprint density at radius 1 is 1.56 bits per heavy atom. The summed E-state index contributed by atoms with van der Waals surface area (Å²) in [5.41, 5.74) is 5.33. The lowest BCUT2D eigenvalue weighted by atomic mass is 10.2. The maximum Gasteiger partial charge on any atom is 0.279 e. The molecule has 0 spiro atoms. The molecule has 1 aliphatic heterocycles. The minimum atomic E-state index is -3.37. The monoisotopic (exact) mass is 251 g/mol. The summed E-state index contributed by atoms with van der Waals surface area (Å²) in [6.07, 6.45) is 2.62. The fourth-order valence-electron chi connectivity index (χ4n) is 1.55. The van der Waals surface area contributed by atoms with E-state index in [9.17, 15) is 8.42 Å². The highest BCUT2D eigenvalue weighted by Crippen LogP contribution is 2.11. The Morgan fingerprint density at radius 3 is 2.88 bits per heavy atom. The van der Waals surface area contributed by atoms with Crippen molar-refractivity contribution in [2.45, 2.75) is 25.4 Å². The molecule has 1 aliphatic rings. The molecule has 1 atom stereocenters. The van der Waals surface area contributed by atoms with Gasteiger partial charge >= 0.3 is 0 Å². The van der Waals surface area contributed by atoms with Gasteiger partial charge in [-0.15, -0.1) is 0 Å². The highest BCUT2D eigenvalue weighted by molar-refractivity contribution is 7.87. The van der Waals surface area contributed by atoms with Gasteiger partial charge in [0.1, 0.15) is 0 Å². The molecule has 0 aromatic rings. The number of nitrogens with zero attached hydrogens (tertiary/aromatic N) is 1. The molecular formula is C9H21N3O3S. The third-order valence-electron chi connectivity index (χ3n) is 2.60. The Balaban J connectivity index is 2.32. The number of hydrogen-bond acceptors (Lipinski definition) is 4. The summed E-state index contributed by atoms with van der Waals surface area (Å²) in [5, 5.41) is 0. The maximum atomic E-state index is 11.7. The molecule has 1 saturated heterocycles. The van der Waals surface area contributed by atoms with Gasteiger partial charge in [-0.3, -0.25) is 0 Å². The average Bonchev–Trinajstić information content (AvgIpc) is 2.76. The van der Waals surface area contributed by atoms with Gasteiger partial charge in [-0.1, -0.05) is 0 Å². The third-order valence-corrected chi connectivity index (χ3v) is 4.14. The first-order chi connectivity index (χ1) is 7.56. The molecule has 1 rings (SSSR count). The predicted octanol–water partition coefficient (Wildman–Crippen LogP) is -0.720. The standard InChI is InChI=1S/C9H21N3O3S/c1-12(6-3-5-10)16(13,14)11-8-9-4-2-7-15-9/h9,11H,2-8,10H2,1H3. The van der Waals surface area contributed by atoms with Crippen molar-refractivity contribution in [3.05, 3.63) is 0 Å². The third kappa shape index (κ3) is 4.34. The van der Waals surface area contributed by atoms with Crippen LogP contribution in [0.2, 0.25) is 0 Å². The van der Waals surface area contributed by atoms with Crippen molar-refractivity contribution in [1.29, 1.82) is 0 Å². The van der Waals surface area contributed by atoms with Crippen LogP contribution >= 0.6 is 0 Å². The minimum Gasteiger partial charge on any atom is -0.377 e. The quantitative estimate of drug-likeness (QED) is 0.625. The highest BCUT2D eigenvalue weighted by Gasteiger charge is 2.21. The van der Waals surface area contributed by atoms with Gasteiger partial charge in [0.2, 0.25) is 0 Å². The van der Waals surface area contributed by atoms with Crippen LogP contribution in [0.3, 0.4) is 0 Å². The van der Waals surface area contributed by atoms with Crippen molar-refractivity contribution < 1.29 is 13.2 Å². The van der Waals surface area contributed by atoms with Gasteiger partial charge < -0.3 is 10.5 Å². The van der Waals surface area contributed by atoms with E-state index in [1.807, 2.05) is 0 Å². The lowest BCUT2D eigenvalue weighted by Crippen LogP contribution is -2.42. The van der Waals surface area contributed by atoms with Crippen LogP contribution in [0.25, 0.3) is 0 Å². The number of nitrogens with two attached hydrogens (primary N) is 1. The molecule has 0 bridgehead atoms. The molecule has 0 aromatic heterocycles. The normalized spacial score (nSPS) is 21.8. The molecule has 3 N–H and O–H groups in total. The first-order valence-corrected chi connectivity index (χ1v) is 7.03. The van der Waals surface area contributed by atoms with Crippen molar-refractivity contribution in [3.8, 4) is 0 Å². The topological polar surface area (TPSA) is 84.7 Å². The van der Waals surface area contributed by atoms with Crippen molar-refractivity contribution >= 4 is 10.2 Å². The van der Waals surface area contributed by atoms with Gasteiger partial charge in [0.25, 0.3) is 10.2 Å². The second kappa shape index (κ2) is 6.51. The Morgan fingerprint density at radius 2 is 2.31 bits per heavy atom. The molecule has 1 heterocycles. The van der Waals surface area contributed by atoms with Gasteiger partial charge in [0, 0.05) is 26.7 Å². The van der Waals surface area contributed by atoms with Crippen LogP contribution in [0.1, 0.15) is 19.3 Å². The van der Waals surface area contributed by atoms with E-state index in [1.54, 1.807) is 7.05 Å². The Labute approximate surface area is 97.3 Å². The molecule has 0 aliphatic carbocycles. The number of ether oxygens (including phenoxy) is 1. The van der Waals surface area contributed by atoms with E-state index in [1.165, 1.54) is 4.31 Å². The van der Waals surface area contributed by atoms with E-state index in [-0.39, 0.29) is 6.10 Å². The first kappa shape index (κ1) is 13.9. The fourth-order valence-corrected chi connectivity index (χ4v) is 2.53. The number of nitrogens with one attached hydrogen (secondary N) is 1. The zero-order chi connectivity index (χ0) is 12.0. The SMILES string of the molecule is CN(CCCN)S(=O)(=O)NCC1CCCO1. The van der Waals surface area contributed by atoms with Crippen molar-refractivity contribution in [1.82, 2.24) is 9.03 Å². The number of hydrogen-bond donors (Lipinski definition) is 2. The van der Waals surface area contributed by atoms with Crippen LogP contribution in [0.15, 0.2) is 0 Å². The largest absolute Gasteiger partial charge is 0.377 e. The lowest BCUT2D eigenvalue weighted by molar-refractivity contribution is 0.114. The number of rotatable bonds is 7. The molecule has 1 unspecified atom stereocenters. The van der Waals surface area contributed by atoms with Crippen LogP contribution in [0.4, 0.5) is 0 Å². The van der Waals surface area contributed by atoms with Gasteiger partial charge in [-0.2, -0.15) is 17.4 Å². The van der Waals surface area contributed by atoms with Gasteiger partial charge in [-0.25, -0.2) is 0 Å². The minimum absolute atomic E-state index is 0.0256. The van der Waals surface area contributed by atoms with E-state index >= 15 is 0 Å². The molecule has 0 aromatic carbocycles. The molecule has 96 valence electrons. The molecular weight excluding hydrogens is 230 g/mol. The van der Waals surface area contributed by atoms with Crippen molar-refractivity contribution in [2.75, 3.05) is 33.3 Å². The van der Waals surface area contributed by atoms with E-state index in [0.29, 0.717) is 26.1 Å². The summed E-state index contributed by atoms with van der Waals surface area (Å²) < 4.78 is 32.6. The lowest BCUT2D eigenvalue weighted by Gasteiger charge is -2.18. The molecule has 0 saturated carbocycles. The Bertz CT molecular complexity index is 288. The summed E-state index contributed by atoms with van der Waals surface area (Å²) in [6.45, 7) is 2.02. The fraction of sp³-hybridized carbons (Fsp3) is 1.00. The summed E-state index contributed by atoms with van der Waals surface area (Å²) in [5.74, 6) is 0. The van der Waals surface area contributed by atoms with E-state index < -0.39 is 10.2 Å². The molecule has 16 heavy (non-hydrogen) atoms. The Kier molecular flexibility index (Phi) is 5.63. The van der Waals surface area contributed by atoms with Crippen molar-refractivity contribution in [3.63, 3.8) is 0 Å². The predicted molar refractivity (Wildman–Crippen MR) is 62.2 cm³/mol. The van der Waals surface area contributed by atoms with Crippen LogP contribution in [0, 0.1) is 0 Å². The summed E-state index contributed by atoms with van der Waals surface area (Å²) in [7, 11) is -1.82. The smallest absolute Gasteiger partial charge is 0.279 e. The van der Waals surface area contributed by atoms with E-state index in [0.717, 1.165) is 19.4 Å². The second-order valence-electron chi connectivity index (χ2n) is 3.95. The van der Waals surface area contributed by atoms with Crippen LogP contribution in [0.5, 0.6) is 0 Å². The first-order valence-electron chi connectivity index (χ1n) is 5.59. The summed E-state index contributed by atoms with van der Waals surface area (Å²) >= 11 is 0. The van der Waals surface area contributed by atoms with Gasteiger partial charge in [-0.05, 0) is 25.8 Å². The maximum absolute atomic E-state index is 11.7. The van der Waals surface area contributed by atoms with E-state index in [4.69, 9.17) is 10.5 Å². The zero-order valence-corrected chi connectivity index (χ0v) is 10.5. The Hall–Kier alpha value is -0.210. The molecule has 7 heteroatoms. The second-order valence-corrected chi connectivity index (χ2v) is 5.81. The summed E-state index contributed by atoms with van der Waals surface area (Å²) in [4.78, 5) is 0. The van der Waals surface area contributed by atoms with Crippen molar-refractivity contribution in [2.24, 2.45) is 5.73 Å². The average molecular weight is 251 g/mol. The van der Waals surface area contributed by atoms with Crippen LogP contribution in [-0.4, -0.2) is 52.1 Å². The summed E-state index contributed by atoms with van der Waals surface area (Å²) in [6, 6.07) is 0. The van der Waals surface area contributed by atoms with Crippen LogP contribution < -0.4 is 10.5 Å². The van der Waals surface area contributed by atoms with E-state index in [2.05, 4.69) is 4.72 Å². The highest BCUT2D eigenvalue weighted by atomic mass is 32.2. The van der Waals surface area contributed by atoms with Gasteiger partial charge in [0.05, 0.1) is 6.10 Å². The molecule has 0 radical (unpaired) electrons.